The van der Waals surface area contributed by atoms with Gasteiger partial charge in [0.05, 0.1) is 16.9 Å². The lowest BCUT2D eigenvalue weighted by Gasteiger charge is -2.18. The van der Waals surface area contributed by atoms with Crippen LogP contribution in [0.15, 0.2) is 30.6 Å². The standard InChI is InChI=1S/C12H15ClN2/c13-11-6-7-14-9-12(11)15-8-10-4-2-1-3-5-10/h1-2,6-7,9-10,15H,3-5,8H2. The number of hydrogen-bond acceptors (Lipinski definition) is 2. The van der Waals surface area contributed by atoms with Crippen molar-refractivity contribution >= 4 is 17.3 Å². The lowest BCUT2D eigenvalue weighted by Crippen LogP contribution is -2.15. The van der Waals surface area contributed by atoms with Crippen LogP contribution < -0.4 is 5.32 Å². The molecule has 1 aliphatic rings. The first-order valence-electron chi connectivity index (χ1n) is 5.34. The monoisotopic (exact) mass is 222 g/mol. The first kappa shape index (κ1) is 10.5. The number of pyridine rings is 1. The first-order chi connectivity index (χ1) is 7.36. The number of halogens is 1. The van der Waals surface area contributed by atoms with Crippen molar-refractivity contribution in [3.05, 3.63) is 35.6 Å². The van der Waals surface area contributed by atoms with E-state index in [4.69, 9.17) is 11.6 Å². The van der Waals surface area contributed by atoms with E-state index in [2.05, 4.69) is 22.5 Å². The summed E-state index contributed by atoms with van der Waals surface area (Å²) in [5, 5.41) is 4.10. The second kappa shape index (κ2) is 5.17. The van der Waals surface area contributed by atoms with Gasteiger partial charge in [-0.25, -0.2) is 0 Å². The van der Waals surface area contributed by atoms with Crippen molar-refractivity contribution < 1.29 is 0 Å². The van der Waals surface area contributed by atoms with Crippen LogP contribution in [0.1, 0.15) is 19.3 Å². The lowest BCUT2D eigenvalue weighted by atomic mass is 9.94. The van der Waals surface area contributed by atoms with Gasteiger partial charge in [-0.1, -0.05) is 23.8 Å². The van der Waals surface area contributed by atoms with E-state index in [1.807, 2.05) is 6.07 Å². The summed E-state index contributed by atoms with van der Waals surface area (Å²) in [4.78, 5) is 4.05. The van der Waals surface area contributed by atoms with E-state index in [0.29, 0.717) is 0 Å². The lowest BCUT2D eigenvalue weighted by molar-refractivity contribution is 0.504. The minimum absolute atomic E-state index is 0.728. The van der Waals surface area contributed by atoms with E-state index in [1.165, 1.54) is 19.3 Å². The topological polar surface area (TPSA) is 24.9 Å². The van der Waals surface area contributed by atoms with E-state index in [9.17, 15) is 0 Å². The predicted octanol–water partition coefficient (Wildman–Crippen LogP) is 3.50. The third-order valence-corrected chi connectivity index (χ3v) is 3.06. The smallest absolute Gasteiger partial charge is 0.0716 e. The zero-order valence-electron chi connectivity index (χ0n) is 8.62. The van der Waals surface area contributed by atoms with E-state index < -0.39 is 0 Å². The van der Waals surface area contributed by atoms with E-state index in [0.717, 1.165) is 23.2 Å². The van der Waals surface area contributed by atoms with Crippen molar-refractivity contribution in [3.8, 4) is 0 Å². The number of rotatable bonds is 3. The van der Waals surface area contributed by atoms with Crippen molar-refractivity contribution in [2.24, 2.45) is 5.92 Å². The molecular formula is C12H15ClN2. The Morgan fingerprint density at radius 1 is 1.47 bits per heavy atom. The summed E-state index contributed by atoms with van der Waals surface area (Å²) in [7, 11) is 0. The van der Waals surface area contributed by atoms with Crippen molar-refractivity contribution in [3.63, 3.8) is 0 Å². The highest BCUT2D eigenvalue weighted by Crippen LogP contribution is 2.22. The summed E-state index contributed by atoms with van der Waals surface area (Å²) in [5.41, 5.74) is 0.939. The van der Waals surface area contributed by atoms with Crippen LogP contribution in [-0.2, 0) is 0 Å². The molecule has 0 bridgehead atoms. The average molecular weight is 223 g/mol. The Labute approximate surface area is 95.4 Å². The SMILES string of the molecule is Clc1ccncc1NCC1CC=CCC1. The molecule has 1 aromatic rings. The molecule has 0 saturated carbocycles. The maximum atomic E-state index is 6.03. The van der Waals surface area contributed by atoms with Crippen LogP contribution in [0.25, 0.3) is 0 Å². The second-order valence-electron chi connectivity index (χ2n) is 3.89. The van der Waals surface area contributed by atoms with E-state index in [1.54, 1.807) is 12.4 Å². The van der Waals surface area contributed by atoms with Crippen LogP contribution in [0.4, 0.5) is 5.69 Å². The van der Waals surface area contributed by atoms with Crippen molar-refractivity contribution in [1.82, 2.24) is 4.98 Å². The molecule has 0 radical (unpaired) electrons. The van der Waals surface area contributed by atoms with Crippen LogP contribution in [0, 0.1) is 5.92 Å². The molecule has 1 heterocycles. The molecular weight excluding hydrogens is 208 g/mol. The number of hydrogen-bond donors (Lipinski definition) is 1. The summed E-state index contributed by atoms with van der Waals surface area (Å²) in [6, 6.07) is 1.81. The van der Waals surface area contributed by atoms with Gasteiger partial charge >= 0.3 is 0 Å². The van der Waals surface area contributed by atoms with Gasteiger partial charge in [0.15, 0.2) is 0 Å². The van der Waals surface area contributed by atoms with Crippen LogP contribution in [-0.4, -0.2) is 11.5 Å². The fourth-order valence-electron chi connectivity index (χ4n) is 1.80. The molecule has 0 fully saturated rings. The number of allylic oxidation sites excluding steroid dienone is 2. The largest absolute Gasteiger partial charge is 0.382 e. The van der Waals surface area contributed by atoms with Gasteiger partial charge < -0.3 is 5.32 Å². The van der Waals surface area contributed by atoms with Gasteiger partial charge in [-0.05, 0) is 31.2 Å². The summed E-state index contributed by atoms with van der Waals surface area (Å²) in [5.74, 6) is 0.728. The zero-order chi connectivity index (χ0) is 10.5. The Morgan fingerprint density at radius 3 is 3.13 bits per heavy atom. The zero-order valence-corrected chi connectivity index (χ0v) is 9.37. The molecule has 2 nitrogen and oxygen atoms in total. The second-order valence-corrected chi connectivity index (χ2v) is 4.29. The Hall–Kier alpha value is -1.02. The normalized spacial score (nSPS) is 20.2. The van der Waals surface area contributed by atoms with E-state index in [-0.39, 0.29) is 0 Å². The Bertz CT molecular complexity index is 349. The van der Waals surface area contributed by atoms with Crippen molar-refractivity contribution in [2.75, 3.05) is 11.9 Å². The first-order valence-corrected chi connectivity index (χ1v) is 5.72. The molecule has 2 rings (SSSR count). The molecule has 0 aromatic carbocycles. The molecule has 0 amide bonds. The van der Waals surface area contributed by atoms with Crippen LogP contribution >= 0.6 is 11.6 Å². The molecule has 0 saturated heterocycles. The van der Waals surface area contributed by atoms with E-state index >= 15 is 0 Å². The third kappa shape index (κ3) is 2.96. The fourth-order valence-corrected chi connectivity index (χ4v) is 1.98. The molecule has 3 heteroatoms. The maximum Gasteiger partial charge on any atom is 0.0716 e. The number of nitrogens with one attached hydrogen (secondary N) is 1. The molecule has 15 heavy (non-hydrogen) atoms. The minimum Gasteiger partial charge on any atom is -0.382 e. The van der Waals surface area contributed by atoms with Crippen LogP contribution in [0.3, 0.4) is 0 Å². The summed E-state index contributed by atoms with van der Waals surface area (Å²) < 4.78 is 0. The maximum absolute atomic E-state index is 6.03. The number of aromatic nitrogens is 1. The van der Waals surface area contributed by atoms with Crippen molar-refractivity contribution in [1.29, 1.82) is 0 Å². The Balaban J connectivity index is 1.87. The minimum atomic E-state index is 0.728. The average Bonchev–Trinajstić information content (AvgIpc) is 2.29. The molecule has 0 spiro atoms. The molecule has 1 N–H and O–H groups in total. The Kier molecular flexibility index (Phi) is 3.62. The third-order valence-electron chi connectivity index (χ3n) is 2.73. The summed E-state index contributed by atoms with van der Waals surface area (Å²) >= 11 is 6.03. The number of nitrogens with zero attached hydrogens (tertiary/aromatic N) is 1. The molecule has 80 valence electrons. The van der Waals surface area contributed by atoms with Crippen LogP contribution in [0.5, 0.6) is 0 Å². The summed E-state index contributed by atoms with van der Waals surface area (Å²) in [6.45, 7) is 0.982. The highest BCUT2D eigenvalue weighted by atomic mass is 35.5. The van der Waals surface area contributed by atoms with Gasteiger partial charge in [-0.2, -0.15) is 0 Å². The van der Waals surface area contributed by atoms with Gasteiger partial charge in [0.25, 0.3) is 0 Å². The molecule has 1 unspecified atom stereocenters. The predicted molar refractivity (Wildman–Crippen MR) is 64.2 cm³/mol. The summed E-state index contributed by atoms with van der Waals surface area (Å²) in [6.07, 6.45) is 11.6. The van der Waals surface area contributed by atoms with Gasteiger partial charge in [0.2, 0.25) is 0 Å². The molecule has 1 aliphatic carbocycles. The van der Waals surface area contributed by atoms with Gasteiger partial charge in [0.1, 0.15) is 0 Å². The Morgan fingerprint density at radius 2 is 2.40 bits per heavy atom. The fraction of sp³-hybridized carbons (Fsp3) is 0.417. The van der Waals surface area contributed by atoms with Crippen LogP contribution in [0.2, 0.25) is 5.02 Å². The number of anilines is 1. The molecule has 1 atom stereocenters. The quantitative estimate of drug-likeness (QED) is 0.792. The highest BCUT2D eigenvalue weighted by molar-refractivity contribution is 6.33. The van der Waals surface area contributed by atoms with Crippen molar-refractivity contribution in [2.45, 2.75) is 19.3 Å². The molecule has 1 aromatic heterocycles. The van der Waals surface area contributed by atoms with Gasteiger partial charge in [-0.3, -0.25) is 4.98 Å². The molecule has 0 aliphatic heterocycles. The highest BCUT2D eigenvalue weighted by Gasteiger charge is 2.09. The van der Waals surface area contributed by atoms with Gasteiger partial charge in [0, 0.05) is 12.7 Å². The van der Waals surface area contributed by atoms with Gasteiger partial charge in [-0.15, -0.1) is 0 Å².